The van der Waals surface area contributed by atoms with E-state index in [-0.39, 0.29) is 18.0 Å². The van der Waals surface area contributed by atoms with Gasteiger partial charge in [0.25, 0.3) is 5.56 Å². The van der Waals surface area contributed by atoms with Crippen LogP contribution in [0.1, 0.15) is 0 Å². The van der Waals surface area contributed by atoms with Gasteiger partial charge in [-0.15, -0.1) is 11.3 Å². The number of amides is 1. The van der Waals surface area contributed by atoms with Crippen LogP contribution in [0.5, 0.6) is 0 Å². The smallest absolute Gasteiger partial charge is 0.251 e. The second kappa shape index (κ2) is 5.37. The quantitative estimate of drug-likeness (QED) is 0.770. The van der Waals surface area contributed by atoms with Crippen LogP contribution in [0.2, 0.25) is 0 Å². The number of rotatable bonds is 3. The van der Waals surface area contributed by atoms with Gasteiger partial charge in [-0.1, -0.05) is 0 Å². The second-order valence-corrected chi connectivity index (χ2v) is 5.40. The van der Waals surface area contributed by atoms with Crippen LogP contribution >= 0.6 is 11.3 Å². The summed E-state index contributed by atoms with van der Waals surface area (Å²) in [5, 5.41) is 2.76. The molecule has 0 fully saturated rings. The number of fused-ring (bicyclic) bond motifs is 1. The lowest BCUT2D eigenvalue weighted by Crippen LogP contribution is -2.26. The van der Waals surface area contributed by atoms with Gasteiger partial charge in [0.15, 0.2) is 0 Å². The van der Waals surface area contributed by atoms with Crippen LogP contribution in [-0.4, -0.2) is 15.5 Å². The molecule has 3 aromatic rings. The summed E-state index contributed by atoms with van der Waals surface area (Å²) in [5.74, 6) is -0.286. The van der Waals surface area contributed by atoms with Crippen LogP contribution in [0.25, 0.3) is 10.2 Å². The van der Waals surface area contributed by atoms with Crippen LogP contribution in [0.3, 0.4) is 0 Å². The maximum atomic E-state index is 12.0. The molecule has 0 bridgehead atoms. The van der Waals surface area contributed by atoms with Gasteiger partial charge in [0.1, 0.15) is 6.54 Å². The summed E-state index contributed by atoms with van der Waals surface area (Å²) < 4.78 is 2.27. The first-order chi connectivity index (χ1) is 10.1. The van der Waals surface area contributed by atoms with Gasteiger partial charge in [-0.2, -0.15) is 0 Å². The minimum absolute atomic E-state index is 0.0788. The first-order valence-electron chi connectivity index (χ1n) is 6.21. The number of thiazole rings is 1. The van der Waals surface area contributed by atoms with Crippen molar-refractivity contribution < 1.29 is 4.79 Å². The summed E-state index contributed by atoms with van der Waals surface area (Å²) in [6.07, 6.45) is 1.45. The Bertz CT molecular complexity index is 869. The summed E-state index contributed by atoms with van der Waals surface area (Å²) in [6.45, 7) is -0.0788. The number of hydrogen-bond donors (Lipinski definition) is 2. The molecule has 2 heterocycles. The average Bonchev–Trinajstić information content (AvgIpc) is 2.90. The Morgan fingerprint density at radius 2 is 2.19 bits per heavy atom. The van der Waals surface area contributed by atoms with Crippen LogP contribution in [-0.2, 0) is 11.3 Å². The predicted molar refractivity (Wildman–Crippen MR) is 83.4 cm³/mol. The van der Waals surface area contributed by atoms with Gasteiger partial charge in [0.05, 0.1) is 15.7 Å². The molecule has 6 nitrogen and oxygen atoms in total. The Balaban J connectivity index is 1.76. The molecule has 0 spiro atoms. The first-order valence-corrected chi connectivity index (χ1v) is 7.09. The van der Waals surface area contributed by atoms with E-state index >= 15 is 0 Å². The predicted octanol–water partition coefficient (Wildman–Crippen LogP) is 1.68. The monoisotopic (exact) mass is 300 g/mol. The van der Waals surface area contributed by atoms with E-state index in [1.807, 2.05) is 12.1 Å². The van der Waals surface area contributed by atoms with Gasteiger partial charge in [-0.05, 0) is 24.3 Å². The van der Waals surface area contributed by atoms with Crippen LogP contribution in [0, 0.1) is 0 Å². The summed E-state index contributed by atoms with van der Waals surface area (Å²) in [5.41, 5.74) is 9.10. The normalized spacial score (nSPS) is 10.7. The van der Waals surface area contributed by atoms with Crippen molar-refractivity contribution in [2.45, 2.75) is 6.54 Å². The molecule has 106 valence electrons. The maximum absolute atomic E-state index is 12.0. The van der Waals surface area contributed by atoms with Gasteiger partial charge in [-0.25, -0.2) is 4.98 Å². The van der Waals surface area contributed by atoms with E-state index in [0.29, 0.717) is 11.4 Å². The fourth-order valence-electron chi connectivity index (χ4n) is 1.96. The van der Waals surface area contributed by atoms with Crippen molar-refractivity contribution in [3.63, 3.8) is 0 Å². The van der Waals surface area contributed by atoms with Crippen molar-refractivity contribution in [3.05, 3.63) is 52.4 Å². The fraction of sp³-hybridized carbons (Fsp3) is 0.0714. The number of nitrogens with one attached hydrogen (secondary N) is 1. The lowest BCUT2D eigenvalue weighted by molar-refractivity contribution is -0.116. The van der Waals surface area contributed by atoms with Gasteiger partial charge >= 0.3 is 0 Å². The molecule has 0 aliphatic rings. The minimum Gasteiger partial charge on any atom is -0.398 e. The second-order valence-electron chi connectivity index (χ2n) is 4.51. The molecule has 1 amide bonds. The minimum atomic E-state index is -0.286. The summed E-state index contributed by atoms with van der Waals surface area (Å²) in [7, 11) is 0. The number of hydrogen-bond acceptors (Lipinski definition) is 5. The number of anilines is 2. The molecule has 0 radical (unpaired) electrons. The zero-order chi connectivity index (χ0) is 14.8. The van der Waals surface area contributed by atoms with Crippen LogP contribution in [0.4, 0.5) is 11.4 Å². The largest absolute Gasteiger partial charge is 0.398 e. The molecule has 7 heteroatoms. The van der Waals surface area contributed by atoms with Gasteiger partial charge < -0.3 is 15.6 Å². The topological polar surface area (TPSA) is 90.0 Å². The Morgan fingerprint density at radius 3 is 3.05 bits per heavy atom. The molecule has 0 atom stereocenters. The Labute approximate surface area is 123 Å². The molecule has 21 heavy (non-hydrogen) atoms. The Kier molecular flexibility index (Phi) is 3.41. The van der Waals surface area contributed by atoms with E-state index in [1.54, 1.807) is 11.6 Å². The van der Waals surface area contributed by atoms with Crippen molar-refractivity contribution in [2.24, 2.45) is 0 Å². The zero-order valence-electron chi connectivity index (χ0n) is 10.9. The average molecular weight is 300 g/mol. The van der Waals surface area contributed by atoms with Gasteiger partial charge in [-0.3, -0.25) is 9.59 Å². The molecular weight excluding hydrogens is 288 g/mol. The Morgan fingerprint density at radius 1 is 1.33 bits per heavy atom. The van der Waals surface area contributed by atoms with Crippen LogP contribution in [0.15, 0.2) is 46.8 Å². The SMILES string of the molecule is Nc1ccc(=O)n(CC(=O)Nc2ccc3ncsc3c2)c1. The third kappa shape index (κ3) is 2.92. The van der Waals surface area contributed by atoms with Crippen molar-refractivity contribution in [1.82, 2.24) is 9.55 Å². The van der Waals surface area contributed by atoms with Gasteiger partial charge in [0, 0.05) is 23.6 Å². The Hall–Kier alpha value is -2.67. The number of benzene rings is 1. The van der Waals surface area contributed by atoms with Crippen molar-refractivity contribution >= 4 is 38.8 Å². The highest BCUT2D eigenvalue weighted by Gasteiger charge is 2.06. The number of aromatic nitrogens is 2. The van der Waals surface area contributed by atoms with Crippen molar-refractivity contribution in [3.8, 4) is 0 Å². The highest BCUT2D eigenvalue weighted by Crippen LogP contribution is 2.21. The number of pyridine rings is 1. The molecule has 3 N–H and O–H groups in total. The number of nitrogens with zero attached hydrogens (tertiary/aromatic N) is 2. The van der Waals surface area contributed by atoms with Crippen molar-refractivity contribution in [2.75, 3.05) is 11.1 Å². The molecule has 0 aliphatic carbocycles. The zero-order valence-corrected chi connectivity index (χ0v) is 11.8. The molecule has 0 saturated carbocycles. The van der Waals surface area contributed by atoms with Crippen molar-refractivity contribution in [1.29, 1.82) is 0 Å². The van der Waals surface area contributed by atoms with E-state index in [2.05, 4.69) is 10.3 Å². The van der Waals surface area contributed by atoms with Gasteiger partial charge in [0.2, 0.25) is 5.91 Å². The summed E-state index contributed by atoms with van der Waals surface area (Å²) in [6, 6.07) is 8.32. The van der Waals surface area contributed by atoms with E-state index in [9.17, 15) is 9.59 Å². The molecule has 0 unspecified atom stereocenters. The molecule has 2 aromatic heterocycles. The van der Waals surface area contributed by atoms with E-state index in [1.165, 1.54) is 34.2 Å². The molecule has 0 aliphatic heterocycles. The third-order valence-electron chi connectivity index (χ3n) is 2.94. The number of nitrogen functional groups attached to an aromatic ring is 1. The number of carbonyl (C=O) groups excluding carboxylic acids is 1. The molecule has 1 aromatic carbocycles. The fourth-order valence-corrected chi connectivity index (χ4v) is 2.68. The lowest BCUT2D eigenvalue weighted by Gasteiger charge is -2.08. The maximum Gasteiger partial charge on any atom is 0.251 e. The standard InChI is InChI=1S/C14H12N4O2S/c15-9-1-4-14(20)18(6-9)7-13(19)17-10-2-3-11-12(5-10)21-8-16-11/h1-6,8H,7,15H2,(H,17,19). The first kappa shape index (κ1) is 13.3. The number of carbonyl (C=O) groups is 1. The van der Waals surface area contributed by atoms with E-state index < -0.39 is 0 Å². The van der Waals surface area contributed by atoms with Crippen LogP contribution < -0.4 is 16.6 Å². The van der Waals surface area contributed by atoms with E-state index in [0.717, 1.165) is 10.2 Å². The summed E-state index contributed by atoms with van der Waals surface area (Å²) in [4.78, 5) is 27.8. The third-order valence-corrected chi connectivity index (χ3v) is 3.73. The molecular formula is C14H12N4O2S. The molecule has 0 saturated heterocycles. The highest BCUT2D eigenvalue weighted by atomic mass is 32.1. The highest BCUT2D eigenvalue weighted by molar-refractivity contribution is 7.16. The lowest BCUT2D eigenvalue weighted by atomic mass is 10.3. The molecule has 3 rings (SSSR count). The number of nitrogens with two attached hydrogens (primary N) is 1. The summed E-state index contributed by atoms with van der Waals surface area (Å²) >= 11 is 1.50. The van der Waals surface area contributed by atoms with E-state index in [4.69, 9.17) is 5.73 Å².